The van der Waals surface area contributed by atoms with E-state index in [1.165, 1.54) is 4.80 Å². The molecule has 8 nitrogen and oxygen atoms in total. The number of carbonyl (C=O) groups excluding carboxylic acids is 2. The van der Waals surface area contributed by atoms with E-state index in [1.807, 2.05) is 75.4 Å². The van der Waals surface area contributed by atoms with Crippen molar-refractivity contribution < 1.29 is 9.59 Å². The lowest BCUT2D eigenvalue weighted by Crippen LogP contribution is -2.52. The van der Waals surface area contributed by atoms with Crippen LogP contribution in [0.2, 0.25) is 0 Å². The van der Waals surface area contributed by atoms with Crippen LogP contribution in [0.1, 0.15) is 48.1 Å². The van der Waals surface area contributed by atoms with Crippen LogP contribution in [0.25, 0.3) is 11.3 Å². The molecular formula is C23H26N6O2. The van der Waals surface area contributed by atoms with E-state index in [9.17, 15) is 9.59 Å². The summed E-state index contributed by atoms with van der Waals surface area (Å²) in [5.74, 6) is -0.558. The fourth-order valence-electron chi connectivity index (χ4n) is 3.00. The molecule has 0 aliphatic rings. The topological polar surface area (TPSA) is 101 Å². The van der Waals surface area contributed by atoms with Gasteiger partial charge in [-0.1, -0.05) is 48.6 Å². The number of nitrogens with zero attached hydrogens (tertiary/aromatic N) is 3. The van der Waals surface area contributed by atoms with Gasteiger partial charge in [0.2, 0.25) is 0 Å². The first-order chi connectivity index (χ1) is 14.7. The number of nitrogens with one attached hydrogen (secondary N) is 3. The van der Waals surface area contributed by atoms with Crippen LogP contribution in [0.4, 0.5) is 4.79 Å². The Hall–Kier alpha value is -3.94. The highest BCUT2D eigenvalue weighted by Crippen LogP contribution is 2.23. The van der Waals surface area contributed by atoms with E-state index >= 15 is 0 Å². The lowest BCUT2D eigenvalue weighted by atomic mass is 9.92. The normalized spacial score (nSPS) is 11.0. The van der Waals surface area contributed by atoms with Crippen LogP contribution in [0.15, 0.2) is 61.2 Å². The molecule has 0 fully saturated rings. The van der Waals surface area contributed by atoms with Crippen LogP contribution < -0.4 is 16.2 Å². The highest BCUT2D eigenvalue weighted by atomic mass is 16.2. The van der Waals surface area contributed by atoms with Gasteiger partial charge < -0.3 is 5.32 Å². The van der Waals surface area contributed by atoms with Gasteiger partial charge in [-0.05, 0) is 57.0 Å². The molecule has 3 amide bonds. The number of hydrogen-bond donors (Lipinski definition) is 3. The first-order valence-corrected chi connectivity index (χ1v) is 9.81. The number of allylic oxidation sites excluding steroid dienone is 1. The van der Waals surface area contributed by atoms with Crippen molar-refractivity contribution in [1.82, 2.24) is 31.2 Å². The van der Waals surface area contributed by atoms with Gasteiger partial charge in [0.15, 0.2) is 5.69 Å². The lowest BCUT2D eigenvalue weighted by molar-refractivity contribution is 0.0929. The van der Waals surface area contributed by atoms with E-state index in [0.717, 1.165) is 22.4 Å². The highest BCUT2D eigenvalue weighted by Gasteiger charge is 2.24. The molecule has 0 bridgehead atoms. The largest absolute Gasteiger partial charge is 0.334 e. The number of hydrogen-bond acceptors (Lipinski definition) is 4. The number of benzene rings is 2. The maximum Gasteiger partial charge on any atom is 0.334 e. The number of para-hydroxylation sites is 1. The van der Waals surface area contributed by atoms with Crippen LogP contribution in [0.5, 0.6) is 0 Å². The SMILES string of the molecule is C=C(C)c1cccc(C(C)(C)NC(=O)NNC(=O)c2nn(-c3ccccc3)nc2C)c1. The van der Waals surface area contributed by atoms with Crippen LogP contribution >= 0.6 is 0 Å². The Morgan fingerprint density at radius 3 is 2.39 bits per heavy atom. The number of rotatable bonds is 5. The Morgan fingerprint density at radius 2 is 1.71 bits per heavy atom. The van der Waals surface area contributed by atoms with Gasteiger partial charge >= 0.3 is 6.03 Å². The Balaban J connectivity index is 1.63. The van der Waals surface area contributed by atoms with Crippen molar-refractivity contribution in [3.63, 3.8) is 0 Å². The quantitative estimate of drug-likeness (QED) is 0.552. The molecule has 0 aliphatic heterocycles. The van der Waals surface area contributed by atoms with Crippen molar-refractivity contribution >= 4 is 17.5 Å². The molecular weight excluding hydrogens is 392 g/mol. The zero-order chi connectivity index (χ0) is 22.6. The van der Waals surface area contributed by atoms with E-state index in [0.29, 0.717) is 5.69 Å². The second kappa shape index (κ2) is 8.83. The molecule has 0 atom stereocenters. The molecule has 0 aliphatic carbocycles. The molecule has 0 saturated carbocycles. The maximum atomic E-state index is 12.5. The summed E-state index contributed by atoms with van der Waals surface area (Å²) in [6.07, 6.45) is 0. The summed E-state index contributed by atoms with van der Waals surface area (Å²) < 4.78 is 0. The highest BCUT2D eigenvalue weighted by molar-refractivity contribution is 5.94. The molecule has 1 heterocycles. The second-order valence-corrected chi connectivity index (χ2v) is 7.78. The average molecular weight is 419 g/mol. The third kappa shape index (κ3) is 5.16. The van der Waals surface area contributed by atoms with Crippen molar-refractivity contribution in [2.75, 3.05) is 0 Å². The fourth-order valence-corrected chi connectivity index (χ4v) is 3.00. The van der Waals surface area contributed by atoms with E-state index < -0.39 is 17.5 Å². The van der Waals surface area contributed by atoms with Crippen molar-refractivity contribution in [2.45, 2.75) is 33.2 Å². The molecule has 3 aromatic rings. The second-order valence-electron chi connectivity index (χ2n) is 7.78. The Kier molecular flexibility index (Phi) is 6.20. The maximum absolute atomic E-state index is 12.5. The van der Waals surface area contributed by atoms with Gasteiger partial charge in [0.05, 0.1) is 16.9 Å². The number of hydrazine groups is 1. The van der Waals surface area contributed by atoms with Crippen molar-refractivity contribution in [3.8, 4) is 5.69 Å². The number of aryl methyl sites for hydroxylation is 1. The predicted molar refractivity (Wildman–Crippen MR) is 119 cm³/mol. The molecule has 0 saturated heterocycles. The van der Waals surface area contributed by atoms with Gasteiger partial charge in [-0.2, -0.15) is 9.90 Å². The summed E-state index contributed by atoms with van der Waals surface area (Å²) in [7, 11) is 0. The third-order valence-corrected chi connectivity index (χ3v) is 4.78. The minimum atomic E-state index is -0.674. The molecule has 3 N–H and O–H groups in total. The van der Waals surface area contributed by atoms with Crippen molar-refractivity contribution in [1.29, 1.82) is 0 Å². The lowest BCUT2D eigenvalue weighted by Gasteiger charge is -2.27. The Labute approximate surface area is 181 Å². The zero-order valence-electron chi connectivity index (χ0n) is 18.1. The van der Waals surface area contributed by atoms with E-state index in [2.05, 4.69) is 32.9 Å². The standard InChI is InChI=1S/C23H26N6O2/c1-15(2)17-10-9-11-18(14-17)23(4,5)24-22(31)26-25-21(30)20-16(3)27-29(28-20)19-12-7-6-8-13-19/h6-14H,1H2,2-5H3,(H,25,30)(H2,24,26,31). The van der Waals surface area contributed by atoms with Crippen LogP contribution in [-0.4, -0.2) is 26.9 Å². The smallest absolute Gasteiger partial charge is 0.328 e. The number of aromatic nitrogens is 3. The van der Waals surface area contributed by atoms with E-state index in [1.54, 1.807) is 6.92 Å². The molecule has 0 unspecified atom stereocenters. The summed E-state index contributed by atoms with van der Waals surface area (Å²) in [6.45, 7) is 11.3. The predicted octanol–water partition coefficient (Wildman–Crippen LogP) is 3.49. The van der Waals surface area contributed by atoms with Gasteiger partial charge in [-0.25, -0.2) is 10.2 Å². The zero-order valence-corrected chi connectivity index (χ0v) is 18.1. The molecule has 2 aromatic carbocycles. The molecule has 3 rings (SSSR count). The van der Waals surface area contributed by atoms with Crippen molar-refractivity contribution in [2.24, 2.45) is 0 Å². The van der Waals surface area contributed by atoms with E-state index in [4.69, 9.17) is 0 Å². The summed E-state index contributed by atoms with van der Waals surface area (Å²) in [6, 6.07) is 16.5. The number of urea groups is 1. The summed E-state index contributed by atoms with van der Waals surface area (Å²) >= 11 is 0. The van der Waals surface area contributed by atoms with Gasteiger partial charge in [-0.3, -0.25) is 10.2 Å². The molecule has 0 spiro atoms. The number of amides is 3. The summed E-state index contributed by atoms with van der Waals surface area (Å²) in [5.41, 5.74) is 8.23. The van der Waals surface area contributed by atoms with E-state index in [-0.39, 0.29) is 5.69 Å². The van der Waals surface area contributed by atoms with Crippen LogP contribution in [-0.2, 0) is 5.54 Å². The fraction of sp³-hybridized carbons (Fsp3) is 0.217. The first kappa shape index (κ1) is 21.8. The summed E-state index contributed by atoms with van der Waals surface area (Å²) in [4.78, 5) is 26.3. The monoisotopic (exact) mass is 418 g/mol. The Bertz CT molecular complexity index is 1120. The minimum absolute atomic E-state index is 0.123. The molecule has 0 radical (unpaired) electrons. The van der Waals surface area contributed by atoms with Gasteiger partial charge in [-0.15, -0.1) is 5.10 Å². The summed E-state index contributed by atoms with van der Waals surface area (Å²) in [5, 5.41) is 11.3. The van der Waals surface area contributed by atoms with Gasteiger partial charge in [0.1, 0.15) is 0 Å². The van der Waals surface area contributed by atoms with Crippen LogP contribution in [0.3, 0.4) is 0 Å². The first-order valence-electron chi connectivity index (χ1n) is 9.81. The molecule has 31 heavy (non-hydrogen) atoms. The van der Waals surface area contributed by atoms with Gasteiger partial charge in [0, 0.05) is 0 Å². The molecule has 1 aromatic heterocycles. The van der Waals surface area contributed by atoms with Crippen molar-refractivity contribution in [3.05, 3.63) is 83.7 Å². The average Bonchev–Trinajstić information content (AvgIpc) is 3.14. The third-order valence-electron chi connectivity index (χ3n) is 4.78. The Morgan fingerprint density at radius 1 is 1.00 bits per heavy atom. The molecule has 160 valence electrons. The number of carbonyl (C=O) groups is 2. The van der Waals surface area contributed by atoms with Crippen LogP contribution in [0, 0.1) is 6.92 Å². The van der Waals surface area contributed by atoms with Gasteiger partial charge in [0.25, 0.3) is 5.91 Å². The minimum Gasteiger partial charge on any atom is -0.328 e. The molecule has 8 heteroatoms.